The molecule has 3 fully saturated rings. The number of hydrogen-bond acceptors (Lipinski definition) is 2. The number of hydrogen-bond donors (Lipinski definition) is 1. The van der Waals surface area contributed by atoms with Crippen molar-refractivity contribution in [2.75, 3.05) is 19.6 Å². The minimum Gasteiger partial charge on any atom is -0.342 e. The molecule has 1 amide bonds. The largest absolute Gasteiger partial charge is 0.342 e. The van der Waals surface area contributed by atoms with Crippen molar-refractivity contribution in [2.24, 2.45) is 5.92 Å². The third kappa shape index (κ3) is 3.27. The maximum absolute atomic E-state index is 13.0. The van der Waals surface area contributed by atoms with Crippen LogP contribution in [0.25, 0.3) is 0 Å². The van der Waals surface area contributed by atoms with E-state index < -0.39 is 0 Å². The fourth-order valence-electron chi connectivity index (χ4n) is 3.76. The number of halogens is 1. The molecular weight excluding hydrogens is 308 g/mol. The zero-order chi connectivity index (χ0) is 15.9. The van der Waals surface area contributed by atoms with Crippen LogP contribution in [0.2, 0.25) is 5.02 Å². The van der Waals surface area contributed by atoms with Gasteiger partial charge in [0.25, 0.3) is 0 Å². The summed E-state index contributed by atoms with van der Waals surface area (Å²) in [5.74, 6) is 1.26. The van der Waals surface area contributed by atoms with E-state index in [1.165, 1.54) is 19.4 Å². The molecule has 0 unspecified atom stereocenters. The van der Waals surface area contributed by atoms with Gasteiger partial charge in [-0.15, -0.1) is 0 Å². The number of benzene rings is 1. The van der Waals surface area contributed by atoms with Crippen LogP contribution in [0.15, 0.2) is 24.3 Å². The number of carbonyl (C=O) groups is 1. The minimum absolute atomic E-state index is 0.251. The lowest BCUT2D eigenvalue weighted by Gasteiger charge is -2.35. The van der Waals surface area contributed by atoms with Crippen molar-refractivity contribution >= 4 is 17.5 Å². The second-order valence-electron chi connectivity index (χ2n) is 7.51. The van der Waals surface area contributed by atoms with Crippen LogP contribution >= 0.6 is 11.6 Å². The average Bonchev–Trinajstić information content (AvgIpc) is 3.48. The summed E-state index contributed by atoms with van der Waals surface area (Å²) in [7, 11) is 0. The Kier molecular flexibility index (Phi) is 4.10. The quantitative estimate of drug-likeness (QED) is 0.896. The van der Waals surface area contributed by atoms with Crippen LogP contribution in [0.3, 0.4) is 0 Å². The molecule has 0 atom stereocenters. The van der Waals surface area contributed by atoms with E-state index in [0.717, 1.165) is 55.3 Å². The van der Waals surface area contributed by atoms with Gasteiger partial charge < -0.3 is 10.2 Å². The van der Waals surface area contributed by atoms with E-state index in [-0.39, 0.29) is 5.41 Å². The molecule has 1 aromatic rings. The Labute approximate surface area is 143 Å². The van der Waals surface area contributed by atoms with Crippen molar-refractivity contribution in [3.8, 4) is 0 Å². The van der Waals surface area contributed by atoms with Gasteiger partial charge in [0, 0.05) is 24.2 Å². The predicted octanol–water partition coefficient (Wildman–Crippen LogP) is 3.36. The van der Waals surface area contributed by atoms with Gasteiger partial charge in [-0.2, -0.15) is 0 Å². The maximum Gasteiger partial charge on any atom is 0.233 e. The fourth-order valence-corrected chi connectivity index (χ4v) is 3.89. The van der Waals surface area contributed by atoms with Gasteiger partial charge in [0.15, 0.2) is 0 Å². The fraction of sp³-hybridized carbons (Fsp3) is 0.632. The van der Waals surface area contributed by atoms with E-state index in [0.29, 0.717) is 11.9 Å². The molecule has 3 nitrogen and oxygen atoms in total. The first-order valence-electron chi connectivity index (χ1n) is 8.96. The molecule has 1 N–H and O–H groups in total. The number of rotatable bonds is 5. The lowest BCUT2D eigenvalue weighted by molar-refractivity contribution is -0.135. The molecule has 4 heteroatoms. The van der Waals surface area contributed by atoms with Gasteiger partial charge in [-0.25, -0.2) is 0 Å². The van der Waals surface area contributed by atoms with Crippen LogP contribution in [0.5, 0.6) is 0 Å². The number of nitrogens with zero attached hydrogens (tertiary/aromatic N) is 1. The van der Waals surface area contributed by atoms with Crippen LogP contribution in [-0.2, 0) is 10.2 Å². The summed E-state index contributed by atoms with van der Waals surface area (Å²) in [5.41, 5.74) is 0.889. The summed E-state index contributed by atoms with van der Waals surface area (Å²) >= 11 is 5.98. The smallest absolute Gasteiger partial charge is 0.233 e. The van der Waals surface area contributed by atoms with Gasteiger partial charge in [0.1, 0.15) is 0 Å². The van der Waals surface area contributed by atoms with E-state index in [4.69, 9.17) is 11.6 Å². The first kappa shape index (κ1) is 15.5. The molecular formula is C19H25ClN2O. The van der Waals surface area contributed by atoms with Crippen LogP contribution in [0, 0.1) is 5.92 Å². The number of piperidine rings is 1. The molecule has 0 aromatic heterocycles. The van der Waals surface area contributed by atoms with Crippen LogP contribution in [0.1, 0.15) is 44.1 Å². The summed E-state index contributed by atoms with van der Waals surface area (Å²) < 4.78 is 0. The highest BCUT2D eigenvalue weighted by Crippen LogP contribution is 2.50. The lowest BCUT2D eigenvalue weighted by Crippen LogP contribution is -2.48. The molecule has 23 heavy (non-hydrogen) atoms. The summed E-state index contributed by atoms with van der Waals surface area (Å²) in [6.45, 7) is 2.97. The predicted molar refractivity (Wildman–Crippen MR) is 92.7 cm³/mol. The number of likely N-dealkylation sites (tertiary alicyclic amines) is 1. The van der Waals surface area contributed by atoms with E-state index in [9.17, 15) is 4.79 Å². The second-order valence-corrected chi connectivity index (χ2v) is 7.94. The molecule has 124 valence electrons. The van der Waals surface area contributed by atoms with Crippen LogP contribution < -0.4 is 5.32 Å². The summed E-state index contributed by atoms with van der Waals surface area (Å²) in [4.78, 5) is 15.1. The molecule has 1 heterocycles. The number of carbonyl (C=O) groups excluding carboxylic acids is 1. The highest BCUT2D eigenvalue weighted by atomic mass is 35.5. The van der Waals surface area contributed by atoms with Gasteiger partial charge >= 0.3 is 0 Å². The lowest BCUT2D eigenvalue weighted by atomic mass is 9.93. The first-order valence-corrected chi connectivity index (χ1v) is 9.34. The zero-order valence-corrected chi connectivity index (χ0v) is 14.3. The molecule has 1 aliphatic heterocycles. The molecule has 0 radical (unpaired) electrons. The minimum atomic E-state index is -0.251. The molecule has 0 spiro atoms. The van der Waals surface area contributed by atoms with Crippen molar-refractivity contribution < 1.29 is 4.79 Å². The van der Waals surface area contributed by atoms with Crippen molar-refractivity contribution in [1.29, 1.82) is 0 Å². The third-order valence-corrected chi connectivity index (χ3v) is 5.98. The summed E-state index contributed by atoms with van der Waals surface area (Å²) in [6, 6.07) is 8.45. The maximum atomic E-state index is 13.0. The van der Waals surface area contributed by atoms with Gasteiger partial charge in [-0.05, 0) is 68.7 Å². The Hall–Kier alpha value is -1.06. The molecule has 0 bridgehead atoms. The van der Waals surface area contributed by atoms with Gasteiger partial charge in [-0.1, -0.05) is 23.7 Å². The monoisotopic (exact) mass is 332 g/mol. The SMILES string of the molecule is O=C(N1CCC(NCC2CC2)CC1)C1(c2ccc(Cl)cc2)CC1. The van der Waals surface area contributed by atoms with Gasteiger partial charge in [-0.3, -0.25) is 4.79 Å². The summed E-state index contributed by atoms with van der Waals surface area (Å²) in [5, 5.41) is 4.42. The molecule has 3 aliphatic rings. The van der Waals surface area contributed by atoms with Crippen molar-refractivity contribution in [2.45, 2.75) is 50.0 Å². The van der Waals surface area contributed by atoms with Gasteiger partial charge in [0.05, 0.1) is 5.41 Å². The summed E-state index contributed by atoms with van der Waals surface area (Å²) in [6.07, 6.45) is 6.94. The standard InChI is InChI=1S/C19H25ClN2O/c20-16-5-3-15(4-6-16)19(9-10-19)18(23)22-11-7-17(8-12-22)21-13-14-1-2-14/h3-6,14,17,21H,1-2,7-13H2. The van der Waals surface area contributed by atoms with E-state index >= 15 is 0 Å². The van der Waals surface area contributed by atoms with Crippen molar-refractivity contribution in [3.05, 3.63) is 34.9 Å². The Morgan fingerprint density at radius 2 is 1.78 bits per heavy atom. The van der Waals surface area contributed by atoms with Crippen LogP contribution in [-0.4, -0.2) is 36.5 Å². The van der Waals surface area contributed by atoms with E-state index in [1.54, 1.807) is 0 Å². The van der Waals surface area contributed by atoms with E-state index in [2.05, 4.69) is 10.2 Å². The molecule has 2 saturated carbocycles. The number of amides is 1. The second kappa shape index (κ2) is 6.10. The van der Waals surface area contributed by atoms with Crippen LogP contribution in [0.4, 0.5) is 0 Å². The molecule has 1 aromatic carbocycles. The van der Waals surface area contributed by atoms with Crippen molar-refractivity contribution in [1.82, 2.24) is 10.2 Å². The highest BCUT2D eigenvalue weighted by Gasteiger charge is 2.53. The van der Waals surface area contributed by atoms with E-state index in [1.807, 2.05) is 24.3 Å². The Balaban J connectivity index is 1.35. The first-order chi connectivity index (χ1) is 11.2. The molecule has 2 aliphatic carbocycles. The zero-order valence-electron chi connectivity index (χ0n) is 13.6. The normalized spacial score (nSPS) is 23.8. The number of nitrogens with one attached hydrogen (secondary N) is 1. The molecule has 1 saturated heterocycles. The highest BCUT2D eigenvalue weighted by molar-refractivity contribution is 6.30. The molecule has 4 rings (SSSR count). The Bertz CT molecular complexity index is 570. The average molecular weight is 333 g/mol. The topological polar surface area (TPSA) is 32.3 Å². The van der Waals surface area contributed by atoms with Gasteiger partial charge in [0.2, 0.25) is 5.91 Å². The third-order valence-electron chi connectivity index (χ3n) is 5.73. The van der Waals surface area contributed by atoms with Crippen molar-refractivity contribution in [3.63, 3.8) is 0 Å². The Morgan fingerprint density at radius 3 is 2.35 bits per heavy atom. The Morgan fingerprint density at radius 1 is 1.13 bits per heavy atom.